The second kappa shape index (κ2) is 10.7. The fourth-order valence-corrected chi connectivity index (χ4v) is 3.31. The van der Waals surface area contributed by atoms with Crippen LogP contribution in [0.15, 0.2) is 54.6 Å². The van der Waals surface area contributed by atoms with Crippen LogP contribution in [0.3, 0.4) is 0 Å². The van der Waals surface area contributed by atoms with Crippen LogP contribution in [0.1, 0.15) is 30.9 Å². The first-order valence-corrected chi connectivity index (χ1v) is 10.2. The zero-order valence-corrected chi connectivity index (χ0v) is 16.9. The van der Waals surface area contributed by atoms with Gasteiger partial charge in [-0.15, -0.1) is 0 Å². The Kier molecular flexibility index (Phi) is 7.78. The molecule has 2 aromatic carbocycles. The smallest absolute Gasteiger partial charge is 0.250 e. The van der Waals surface area contributed by atoms with Crippen LogP contribution >= 0.6 is 0 Å². The van der Waals surface area contributed by atoms with Gasteiger partial charge in [0.2, 0.25) is 5.91 Å². The Morgan fingerprint density at radius 3 is 2.55 bits per heavy atom. The van der Waals surface area contributed by atoms with Crippen LogP contribution in [0.25, 0.3) is 0 Å². The van der Waals surface area contributed by atoms with Gasteiger partial charge >= 0.3 is 0 Å². The molecule has 1 fully saturated rings. The van der Waals surface area contributed by atoms with Gasteiger partial charge in [-0.3, -0.25) is 14.5 Å². The molecule has 2 N–H and O–H groups in total. The standard InChI is InChI=1S/C23H29N3O3/c1-2-6-22(27)25-20-11-9-18(10-12-20)15-24-23(28)21-17-26(13-14-29-21)16-19-7-4-3-5-8-19/h3-5,7-12,21H,2,6,13-17H2,1H3,(H,24,28)(H,25,27). The van der Waals surface area contributed by atoms with E-state index in [0.717, 1.165) is 30.8 Å². The highest BCUT2D eigenvalue weighted by atomic mass is 16.5. The molecule has 0 bridgehead atoms. The molecule has 2 aromatic rings. The largest absolute Gasteiger partial charge is 0.366 e. The van der Waals surface area contributed by atoms with E-state index in [4.69, 9.17) is 4.74 Å². The number of nitrogens with one attached hydrogen (secondary N) is 2. The Morgan fingerprint density at radius 1 is 1.07 bits per heavy atom. The SMILES string of the molecule is CCCC(=O)Nc1ccc(CNC(=O)C2CN(Cc3ccccc3)CCO2)cc1. The number of morpholine rings is 1. The Balaban J connectivity index is 1.45. The van der Waals surface area contributed by atoms with Crippen molar-refractivity contribution in [3.8, 4) is 0 Å². The van der Waals surface area contributed by atoms with Crippen molar-refractivity contribution in [3.05, 3.63) is 65.7 Å². The number of carbonyl (C=O) groups excluding carboxylic acids is 2. The number of anilines is 1. The van der Waals surface area contributed by atoms with E-state index in [0.29, 0.717) is 26.1 Å². The third-order valence-corrected chi connectivity index (χ3v) is 4.87. The summed E-state index contributed by atoms with van der Waals surface area (Å²) in [7, 11) is 0. The van der Waals surface area contributed by atoms with E-state index >= 15 is 0 Å². The third kappa shape index (κ3) is 6.69. The van der Waals surface area contributed by atoms with E-state index in [2.05, 4.69) is 27.7 Å². The van der Waals surface area contributed by atoms with Crippen LogP contribution in [-0.2, 0) is 27.4 Å². The molecule has 154 valence electrons. The van der Waals surface area contributed by atoms with Crippen LogP contribution in [0.4, 0.5) is 5.69 Å². The molecule has 1 aliphatic heterocycles. The summed E-state index contributed by atoms with van der Waals surface area (Å²) in [6, 6.07) is 17.8. The van der Waals surface area contributed by atoms with Gasteiger partial charge < -0.3 is 15.4 Å². The maximum atomic E-state index is 12.5. The highest BCUT2D eigenvalue weighted by Crippen LogP contribution is 2.12. The Morgan fingerprint density at radius 2 is 1.83 bits per heavy atom. The zero-order chi connectivity index (χ0) is 20.5. The summed E-state index contributed by atoms with van der Waals surface area (Å²) in [5.41, 5.74) is 2.98. The van der Waals surface area contributed by atoms with Crippen LogP contribution in [0, 0.1) is 0 Å². The van der Waals surface area contributed by atoms with Crippen LogP contribution < -0.4 is 10.6 Å². The fraction of sp³-hybridized carbons (Fsp3) is 0.391. The molecule has 0 aliphatic carbocycles. The number of nitrogens with zero attached hydrogens (tertiary/aromatic N) is 1. The van der Waals surface area contributed by atoms with E-state index in [1.165, 1.54) is 5.56 Å². The molecule has 1 unspecified atom stereocenters. The van der Waals surface area contributed by atoms with Gasteiger partial charge in [-0.2, -0.15) is 0 Å². The number of amides is 2. The van der Waals surface area contributed by atoms with E-state index in [9.17, 15) is 9.59 Å². The maximum Gasteiger partial charge on any atom is 0.250 e. The maximum absolute atomic E-state index is 12.5. The number of carbonyl (C=O) groups is 2. The van der Waals surface area contributed by atoms with Crippen LogP contribution in [-0.4, -0.2) is 42.5 Å². The molecule has 0 spiro atoms. The lowest BCUT2D eigenvalue weighted by atomic mass is 10.1. The van der Waals surface area contributed by atoms with Crippen LogP contribution in [0.2, 0.25) is 0 Å². The minimum atomic E-state index is -0.458. The van der Waals surface area contributed by atoms with Crippen molar-refractivity contribution < 1.29 is 14.3 Å². The van der Waals surface area contributed by atoms with Gasteiger partial charge in [0.25, 0.3) is 5.91 Å². The van der Waals surface area contributed by atoms with E-state index < -0.39 is 6.10 Å². The van der Waals surface area contributed by atoms with Gasteiger partial charge in [0.05, 0.1) is 6.61 Å². The van der Waals surface area contributed by atoms with Crippen LogP contribution in [0.5, 0.6) is 0 Å². The fourth-order valence-electron chi connectivity index (χ4n) is 3.31. The average Bonchev–Trinajstić information content (AvgIpc) is 2.74. The summed E-state index contributed by atoms with van der Waals surface area (Å²) in [5.74, 6) is -0.0776. The highest BCUT2D eigenvalue weighted by Gasteiger charge is 2.26. The minimum absolute atomic E-state index is 0.0167. The van der Waals surface area contributed by atoms with Crippen molar-refractivity contribution in [2.45, 2.75) is 39.0 Å². The first kappa shape index (κ1) is 21.0. The predicted octanol–water partition coefficient (Wildman–Crippen LogP) is 2.94. The number of hydrogen-bond acceptors (Lipinski definition) is 4. The first-order chi connectivity index (χ1) is 14.1. The number of rotatable bonds is 8. The van der Waals surface area contributed by atoms with E-state index in [-0.39, 0.29) is 11.8 Å². The minimum Gasteiger partial charge on any atom is -0.366 e. The normalized spacial score (nSPS) is 16.9. The van der Waals surface area contributed by atoms with Gasteiger partial charge in [0, 0.05) is 38.3 Å². The second-order valence-corrected chi connectivity index (χ2v) is 7.29. The number of hydrogen-bond donors (Lipinski definition) is 2. The Hall–Kier alpha value is -2.70. The molecule has 29 heavy (non-hydrogen) atoms. The van der Waals surface area contributed by atoms with Gasteiger partial charge in [0.1, 0.15) is 6.10 Å². The lowest BCUT2D eigenvalue weighted by molar-refractivity contribution is -0.139. The summed E-state index contributed by atoms with van der Waals surface area (Å²) >= 11 is 0. The molecular weight excluding hydrogens is 366 g/mol. The van der Waals surface area contributed by atoms with Crippen molar-refractivity contribution in [3.63, 3.8) is 0 Å². The van der Waals surface area contributed by atoms with Gasteiger partial charge in [-0.25, -0.2) is 0 Å². The number of benzene rings is 2. The highest BCUT2D eigenvalue weighted by molar-refractivity contribution is 5.90. The summed E-state index contributed by atoms with van der Waals surface area (Å²) in [6.45, 7) is 5.19. The molecular formula is C23H29N3O3. The van der Waals surface area contributed by atoms with Gasteiger partial charge in [0.15, 0.2) is 0 Å². The van der Waals surface area contributed by atoms with Crippen molar-refractivity contribution >= 4 is 17.5 Å². The van der Waals surface area contributed by atoms with Gasteiger partial charge in [-0.05, 0) is 29.7 Å². The predicted molar refractivity (Wildman–Crippen MR) is 113 cm³/mol. The monoisotopic (exact) mass is 395 g/mol. The van der Waals surface area contributed by atoms with E-state index in [1.54, 1.807) is 0 Å². The first-order valence-electron chi connectivity index (χ1n) is 10.2. The van der Waals surface area contributed by atoms with Crippen molar-refractivity contribution in [2.24, 2.45) is 0 Å². The lowest BCUT2D eigenvalue weighted by Crippen LogP contribution is -2.49. The van der Waals surface area contributed by atoms with Crippen molar-refractivity contribution in [1.29, 1.82) is 0 Å². The summed E-state index contributed by atoms with van der Waals surface area (Å²) in [6.07, 6.45) is 0.877. The van der Waals surface area contributed by atoms with Crippen molar-refractivity contribution in [1.82, 2.24) is 10.2 Å². The topological polar surface area (TPSA) is 70.7 Å². The lowest BCUT2D eigenvalue weighted by Gasteiger charge is -2.32. The van der Waals surface area contributed by atoms with E-state index in [1.807, 2.05) is 49.4 Å². The molecule has 3 rings (SSSR count). The quantitative estimate of drug-likeness (QED) is 0.721. The molecule has 1 atom stereocenters. The molecule has 0 saturated carbocycles. The molecule has 6 nitrogen and oxygen atoms in total. The molecule has 6 heteroatoms. The van der Waals surface area contributed by atoms with Crippen molar-refractivity contribution in [2.75, 3.05) is 25.0 Å². The molecule has 1 heterocycles. The molecule has 0 radical (unpaired) electrons. The van der Waals surface area contributed by atoms with Gasteiger partial charge in [-0.1, -0.05) is 49.4 Å². The Labute approximate surface area is 172 Å². The number of ether oxygens (including phenoxy) is 1. The molecule has 2 amide bonds. The summed E-state index contributed by atoms with van der Waals surface area (Å²) in [5, 5.41) is 5.82. The second-order valence-electron chi connectivity index (χ2n) is 7.29. The summed E-state index contributed by atoms with van der Waals surface area (Å²) in [4.78, 5) is 26.4. The average molecular weight is 396 g/mol. The summed E-state index contributed by atoms with van der Waals surface area (Å²) < 4.78 is 5.68. The third-order valence-electron chi connectivity index (χ3n) is 4.87. The zero-order valence-electron chi connectivity index (χ0n) is 16.9. The Bertz CT molecular complexity index is 793. The molecule has 1 saturated heterocycles. The molecule has 1 aliphatic rings. The molecule has 0 aromatic heterocycles.